The van der Waals surface area contributed by atoms with Crippen LogP contribution in [0.15, 0.2) is 111 Å². The van der Waals surface area contributed by atoms with Gasteiger partial charge in [-0.1, -0.05) is 190 Å². The van der Waals surface area contributed by atoms with Crippen molar-refractivity contribution in [3.63, 3.8) is 0 Å². The minimum absolute atomic E-state index is 0.194. The van der Waals surface area contributed by atoms with Gasteiger partial charge < -0.3 is 0 Å². The van der Waals surface area contributed by atoms with Gasteiger partial charge in [0.15, 0.2) is 0 Å². The number of rotatable bonds is 15. The molecule has 1 aromatic heterocycles. The molecule has 0 aliphatic carbocycles. The van der Waals surface area contributed by atoms with Crippen LogP contribution in [0.5, 0.6) is 0 Å². The Morgan fingerprint density at radius 1 is 0.375 bits per heavy atom. The van der Waals surface area contributed by atoms with Crippen molar-refractivity contribution in [2.45, 2.75) is 186 Å². The molecule has 0 aliphatic heterocycles. The van der Waals surface area contributed by atoms with Crippen molar-refractivity contribution in [1.82, 2.24) is 4.98 Å². The SMILES string of the molecule is CC(=Nc1c(C(C)C)cccc1C(C)C)C(C)=Nc1c(C(C)C)cccc1C(C)C.CC(=Nc1c(C(C)C)cccc1C(C)C)c1cccc(C(C)=Nc2c(C(C)C)cccc2C(C)C)n1.[Br][Ni][Br].[Cl][Fe][Cl]. The van der Waals surface area contributed by atoms with Crippen molar-refractivity contribution in [3.05, 3.63) is 147 Å². The second-order valence-electron chi connectivity index (χ2n) is 20.7. The molecule has 72 heavy (non-hydrogen) atoms. The Morgan fingerprint density at radius 2 is 0.542 bits per heavy atom. The van der Waals surface area contributed by atoms with Gasteiger partial charge >= 0.3 is 72.7 Å². The molecule has 5 aromatic rings. The predicted octanol–water partition coefficient (Wildman–Crippen LogP) is 22.0. The van der Waals surface area contributed by atoms with Gasteiger partial charge in [-0.3, -0.25) is 20.0 Å². The van der Waals surface area contributed by atoms with E-state index in [9.17, 15) is 0 Å². The van der Waals surface area contributed by atoms with E-state index in [4.69, 9.17) is 45.1 Å². The van der Waals surface area contributed by atoms with E-state index in [-0.39, 0.29) is 13.1 Å². The number of nitrogens with zero attached hydrogens (tertiary/aromatic N) is 5. The van der Waals surface area contributed by atoms with Crippen LogP contribution >= 0.6 is 48.6 Å². The van der Waals surface area contributed by atoms with E-state index in [2.05, 4.69) is 246 Å². The van der Waals surface area contributed by atoms with Crippen LogP contribution in [-0.2, 0) is 24.0 Å². The van der Waals surface area contributed by atoms with Gasteiger partial charge in [0.05, 0.1) is 57.0 Å². The predicted molar refractivity (Wildman–Crippen MR) is 322 cm³/mol. The van der Waals surface area contributed by atoms with Crippen molar-refractivity contribution in [1.29, 1.82) is 0 Å². The standard InChI is InChI=1S/C33H43N3.C28H40N2.2BrH.2ClH.Fe.Ni/c1-20(2)26-14-11-15-27(21(3)4)32(26)34-24(9)30-18-13-19-31(36-30)25(10)35-33-28(22(5)6)16-12-17-29(33)23(7)8;1-17(2)23-13-11-14-24(18(3)4)27(23)29-21(9)22(10)30-28-25(19(5)6)15-12-16-26(28)20(7)8;;;;;;/h11-23H,1-10H3;11-20H,1-10H3;4*1H;;/q;;;;;;2*+2/p-4. The maximum absolute atomic E-state index is 5.15. The number of para-hydroxylation sites is 4. The molecule has 0 aliphatic rings. The van der Waals surface area contributed by atoms with E-state index in [1.807, 2.05) is 12.1 Å². The Balaban J connectivity index is 0.000000451. The summed E-state index contributed by atoms with van der Waals surface area (Å²) in [5.41, 5.74) is 20.3. The van der Waals surface area contributed by atoms with Crippen molar-refractivity contribution in [2.24, 2.45) is 20.0 Å². The number of hydrogen-bond donors (Lipinski definition) is 0. The first-order chi connectivity index (χ1) is 33.9. The number of halogens is 4. The minimum atomic E-state index is 0.194. The Kier molecular flexibility index (Phi) is 29.6. The van der Waals surface area contributed by atoms with E-state index in [1.165, 1.54) is 55.4 Å². The van der Waals surface area contributed by atoms with Crippen LogP contribution in [0.25, 0.3) is 0 Å². The molecule has 5 nitrogen and oxygen atoms in total. The van der Waals surface area contributed by atoms with Crippen molar-refractivity contribution >= 4 is 94.2 Å². The van der Waals surface area contributed by atoms with Crippen molar-refractivity contribution < 1.29 is 24.0 Å². The number of aliphatic imine (C=N–C) groups is 4. The fourth-order valence-electron chi connectivity index (χ4n) is 8.35. The molecule has 4 aromatic carbocycles. The number of pyridine rings is 1. The molecule has 0 spiro atoms. The van der Waals surface area contributed by atoms with E-state index in [0.717, 1.165) is 57.0 Å². The molecule has 0 saturated carbocycles. The van der Waals surface area contributed by atoms with Crippen LogP contribution in [0.2, 0.25) is 0 Å². The van der Waals surface area contributed by atoms with Gasteiger partial charge in [-0.2, -0.15) is 0 Å². The summed E-state index contributed by atoms with van der Waals surface area (Å²) >= 11 is 6.19. The summed E-state index contributed by atoms with van der Waals surface area (Å²) < 4.78 is 0. The quantitative estimate of drug-likeness (QED) is 0.0761. The molecule has 11 heteroatoms. The monoisotopic (exact) mass is 1230 g/mol. The Morgan fingerprint density at radius 3 is 0.722 bits per heavy atom. The topological polar surface area (TPSA) is 62.3 Å². The van der Waals surface area contributed by atoms with Gasteiger partial charge in [0, 0.05) is 0 Å². The molecule has 0 saturated heterocycles. The van der Waals surface area contributed by atoms with Crippen LogP contribution in [0.1, 0.15) is 242 Å². The number of aromatic nitrogens is 1. The first-order valence-electron chi connectivity index (χ1n) is 25.3. The van der Waals surface area contributed by atoms with Gasteiger partial charge in [-0.05, 0) is 132 Å². The van der Waals surface area contributed by atoms with E-state index in [1.54, 1.807) is 0 Å². The maximum atomic E-state index is 5.15. The zero-order valence-electron chi connectivity index (χ0n) is 46.7. The summed E-state index contributed by atoms with van der Waals surface area (Å²) in [7, 11) is 10.8. The molecule has 0 fully saturated rings. The normalized spacial score (nSPS) is 12.6. The molecule has 0 N–H and O–H groups in total. The van der Waals surface area contributed by atoms with Crippen LogP contribution in [-0.4, -0.2) is 27.8 Å². The van der Waals surface area contributed by atoms with Gasteiger partial charge in [-0.15, -0.1) is 0 Å². The van der Waals surface area contributed by atoms with Crippen molar-refractivity contribution in [2.75, 3.05) is 0 Å². The number of hydrogen-bond acceptors (Lipinski definition) is 5. The fraction of sp³-hybridized carbons (Fsp3) is 0.459. The first-order valence-corrected chi connectivity index (χ1v) is 33.2. The van der Waals surface area contributed by atoms with Crippen molar-refractivity contribution in [3.8, 4) is 0 Å². The van der Waals surface area contributed by atoms with E-state index < -0.39 is 0 Å². The van der Waals surface area contributed by atoms with Gasteiger partial charge in [0.2, 0.25) is 0 Å². The summed E-state index contributed by atoms with van der Waals surface area (Å²) in [6, 6.07) is 32.4. The zero-order valence-corrected chi connectivity index (χ0v) is 53.5. The molecular formula is C61H83Br2Cl2FeN5Ni. The van der Waals surface area contributed by atoms with Gasteiger partial charge in [0.1, 0.15) is 0 Å². The second-order valence-corrected chi connectivity index (χ2v) is 27.5. The Hall–Kier alpha value is -2.74. The van der Waals surface area contributed by atoms with E-state index in [0.29, 0.717) is 47.3 Å². The molecule has 0 atom stereocenters. The van der Waals surface area contributed by atoms with Crippen LogP contribution in [0, 0.1) is 0 Å². The van der Waals surface area contributed by atoms with Crippen LogP contribution in [0.4, 0.5) is 22.7 Å². The third-order valence-corrected chi connectivity index (χ3v) is 12.5. The molecular weight excluding hydrogens is 1150 g/mol. The summed E-state index contributed by atoms with van der Waals surface area (Å²) in [6.45, 7) is 44.0. The summed E-state index contributed by atoms with van der Waals surface area (Å²) in [5.74, 6) is 3.34. The second kappa shape index (κ2) is 32.6. The summed E-state index contributed by atoms with van der Waals surface area (Å²) in [4.78, 5) is 25.6. The molecule has 0 bridgehead atoms. The molecule has 0 amide bonds. The Bertz CT molecular complexity index is 2330. The molecule has 398 valence electrons. The molecule has 5 rings (SSSR count). The summed E-state index contributed by atoms with van der Waals surface area (Å²) in [6.07, 6.45) is 0. The van der Waals surface area contributed by atoms with Crippen LogP contribution < -0.4 is 0 Å². The Labute approximate surface area is 471 Å². The summed E-state index contributed by atoms with van der Waals surface area (Å²) in [5, 5.41) is 0. The fourth-order valence-corrected chi connectivity index (χ4v) is 8.35. The first kappa shape index (κ1) is 65.4. The molecule has 0 unspecified atom stereocenters. The van der Waals surface area contributed by atoms with Gasteiger partial charge in [-0.25, -0.2) is 4.98 Å². The molecule has 1 heterocycles. The average molecular weight is 1230 g/mol. The zero-order chi connectivity index (χ0) is 54.6. The van der Waals surface area contributed by atoms with Crippen LogP contribution in [0.3, 0.4) is 0 Å². The van der Waals surface area contributed by atoms with Gasteiger partial charge in [0.25, 0.3) is 0 Å². The third-order valence-electron chi connectivity index (χ3n) is 12.5. The average Bonchev–Trinajstić information content (AvgIpc) is 3.31. The molecule has 0 radical (unpaired) electrons. The third kappa shape index (κ3) is 19.4. The number of benzene rings is 4. The van der Waals surface area contributed by atoms with E-state index >= 15 is 0 Å².